The van der Waals surface area contributed by atoms with Gasteiger partial charge in [0.1, 0.15) is 11.5 Å². The average Bonchev–Trinajstić information content (AvgIpc) is 2.48. The second-order valence-corrected chi connectivity index (χ2v) is 5.50. The Morgan fingerprint density at radius 2 is 1.78 bits per heavy atom. The number of para-hydroxylation sites is 2. The maximum atomic E-state index is 12.4. The summed E-state index contributed by atoms with van der Waals surface area (Å²) in [4.78, 5) is 12.4. The minimum absolute atomic E-state index is 0.212. The van der Waals surface area contributed by atoms with Gasteiger partial charge in [0.05, 0.1) is 12.3 Å². The Kier molecular flexibility index (Phi) is 5.63. The van der Waals surface area contributed by atoms with Crippen LogP contribution in [0, 0.1) is 13.8 Å². The van der Waals surface area contributed by atoms with E-state index in [-0.39, 0.29) is 5.91 Å². The van der Waals surface area contributed by atoms with E-state index in [2.05, 4.69) is 11.4 Å². The number of amides is 1. The van der Waals surface area contributed by atoms with E-state index < -0.39 is 6.10 Å². The second kappa shape index (κ2) is 7.68. The van der Waals surface area contributed by atoms with Crippen molar-refractivity contribution in [3.63, 3.8) is 0 Å². The summed E-state index contributed by atoms with van der Waals surface area (Å²) in [7, 11) is 0. The molecule has 0 saturated heterocycles. The largest absolute Gasteiger partial charge is 0.492 e. The van der Waals surface area contributed by atoms with Gasteiger partial charge in [0.15, 0.2) is 6.10 Å². The van der Waals surface area contributed by atoms with Crippen molar-refractivity contribution in [3.05, 3.63) is 53.6 Å². The molecule has 23 heavy (non-hydrogen) atoms. The summed E-state index contributed by atoms with van der Waals surface area (Å²) in [6.07, 6.45) is -0.606. The van der Waals surface area contributed by atoms with Crippen molar-refractivity contribution in [3.8, 4) is 11.5 Å². The molecule has 4 heteroatoms. The zero-order chi connectivity index (χ0) is 16.8. The minimum Gasteiger partial charge on any atom is -0.492 e. The summed E-state index contributed by atoms with van der Waals surface area (Å²) >= 11 is 0. The quantitative estimate of drug-likeness (QED) is 0.873. The molecule has 2 aromatic carbocycles. The first kappa shape index (κ1) is 16.9. The van der Waals surface area contributed by atoms with Gasteiger partial charge in [0.25, 0.3) is 5.91 Å². The lowest BCUT2D eigenvalue weighted by Gasteiger charge is -2.17. The predicted octanol–water partition coefficient (Wildman–Crippen LogP) is 4.11. The molecule has 0 spiro atoms. The standard InChI is InChI=1S/C19H23NO3/c1-5-22-18-9-7-6-8-17(18)20-19(21)15(4)23-16-11-13(2)10-14(3)12-16/h6-12,15H,5H2,1-4H3,(H,20,21)/t15-/m1/s1. The van der Waals surface area contributed by atoms with Crippen LogP contribution >= 0.6 is 0 Å². The first-order chi connectivity index (χ1) is 11.0. The highest BCUT2D eigenvalue weighted by Gasteiger charge is 2.16. The third-order valence-corrected chi connectivity index (χ3v) is 3.32. The van der Waals surface area contributed by atoms with Crippen LogP contribution in [0.3, 0.4) is 0 Å². The fraction of sp³-hybridized carbons (Fsp3) is 0.316. The number of hydrogen-bond acceptors (Lipinski definition) is 3. The summed E-state index contributed by atoms with van der Waals surface area (Å²) in [5.74, 6) is 1.14. The van der Waals surface area contributed by atoms with Gasteiger partial charge in [0, 0.05) is 0 Å². The molecule has 0 radical (unpaired) electrons. The number of carbonyl (C=O) groups excluding carboxylic acids is 1. The topological polar surface area (TPSA) is 47.6 Å². The molecule has 2 aromatic rings. The Labute approximate surface area is 137 Å². The first-order valence-corrected chi connectivity index (χ1v) is 7.77. The molecule has 0 aromatic heterocycles. The molecular formula is C19H23NO3. The molecule has 1 atom stereocenters. The van der Waals surface area contributed by atoms with E-state index in [9.17, 15) is 4.79 Å². The molecule has 0 unspecified atom stereocenters. The van der Waals surface area contributed by atoms with Crippen molar-refractivity contribution in [1.29, 1.82) is 0 Å². The lowest BCUT2D eigenvalue weighted by Crippen LogP contribution is -2.30. The van der Waals surface area contributed by atoms with E-state index in [4.69, 9.17) is 9.47 Å². The molecule has 122 valence electrons. The highest BCUT2D eigenvalue weighted by Crippen LogP contribution is 2.24. The Balaban J connectivity index is 2.05. The minimum atomic E-state index is -0.606. The fourth-order valence-corrected chi connectivity index (χ4v) is 2.34. The molecule has 0 aliphatic rings. The Hall–Kier alpha value is -2.49. The maximum absolute atomic E-state index is 12.4. The van der Waals surface area contributed by atoms with Crippen LogP contribution in [0.4, 0.5) is 5.69 Å². The molecule has 0 saturated carbocycles. The normalized spacial score (nSPS) is 11.7. The van der Waals surface area contributed by atoms with Crippen LogP contribution in [-0.2, 0) is 4.79 Å². The van der Waals surface area contributed by atoms with Crippen LogP contribution in [-0.4, -0.2) is 18.6 Å². The zero-order valence-corrected chi connectivity index (χ0v) is 14.1. The van der Waals surface area contributed by atoms with Crippen LogP contribution in [0.15, 0.2) is 42.5 Å². The van der Waals surface area contributed by atoms with Crippen molar-refractivity contribution >= 4 is 11.6 Å². The van der Waals surface area contributed by atoms with Gasteiger partial charge in [-0.2, -0.15) is 0 Å². The van der Waals surface area contributed by atoms with Crippen LogP contribution < -0.4 is 14.8 Å². The van der Waals surface area contributed by atoms with Crippen molar-refractivity contribution in [1.82, 2.24) is 0 Å². The van der Waals surface area contributed by atoms with E-state index in [0.29, 0.717) is 23.8 Å². The van der Waals surface area contributed by atoms with Gasteiger partial charge in [-0.1, -0.05) is 18.2 Å². The Morgan fingerprint density at radius 1 is 1.13 bits per heavy atom. The molecule has 4 nitrogen and oxygen atoms in total. The van der Waals surface area contributed by atoms with Gasteiger partial charge in [-0.15, -0.1) is 0 Å². The molecule has 0 aliphatic carbocycles. The fourth-order valence-electron chi connectivity index (χ4n) is 2.34. The average molecular weight is 313 g/mol. The van der Waals surface area contributed by atoms with Crippen molar-refractivity contribution in [2.75, 3.05) is 11.9 Å². The summed E-state index contributed by atoms with van der Waals surface area (Å²) in [6.45, 7) is 8.19. The van der Waals surface area contributed by atoms with E-state index in [1.807, 2.05) is 57.2 Å². The van der Waals surface area contributed by atoms with Crippen molar-refractivity contribution in [2.24, 2.45) is 0 Å². The number of rotatable bonds is 6. The van der Waals surface area contributed by atoms with Crippen LogP contribution in [0.1, 0.15) is 25.0 Å². The number of nitrogens with one attached hydrogen (secondary N) is 1. The highest BCUT2D eigenvalue weighted by molar-refractivity contribution is 5.95. The van der Waals surface area contributed by atoms with E-state index in [1.54, 1.807) is 6.92 Å². The number of anilines is 1. The van der Waals surface area contributed by atoms with Gasteiger partial charge >= 0.3 is 0 Å². The predicted molar refractivity (Wildman–Crippen MR) is 92.2 cm³/mol. The molecule has 0 fully saturated rings. The molecular weight excluding hydrogens is 290 g/mol. The van der Waals surface area contributed by atoms with Gasteiger partial charge in [-0.25, -0.2) is 0 Å². The lowest BCUT2D eigenvalue weighted by molar-refractivity contribution is -0.122. The Morgan fingerprint density at radius 3 is 2.43 bits per heavy atom. The third kappa shape index (κ3) is 4.74. The molecule has 0 aliphatic heterocycles. The smallest absolute Gasteiger partial charge is 0.265 e. The van der Waals surface area contributed by atoms with Crippen molar-refractivity contribution in [2.45, 2.75) is 33.8 Å². The maximum Gasteiger partial charge on any atom is 0.265 e. The molecule has 1 N–H and O–H groups in total. The van der Waals surface area contributed by atoms with Gasteiger partial charge in [-0.3, -0.25) is 4.79 Å². The molecule has 0 heterocycles. The van der Waals surface area contributed by atoms with Crippen LogP contribution in [0.5, 0.6) is 11.5 Å². The summed E-state index contributed by atoms with van der Waals surface area (Å²) in [5, 5.41) is 2.86. The first-order valence-electron chi connectivity index (χ1n) is 7.77. The number of hydrogen-bond donors (Lipinski definition) is 1. The number of ether oxygens (including phenoxy) is 2. The van der Waals surface area contributed by atoms with Gasteiger partial charge in [0.2, 0.25) is 0 Å². The number of aryl methyl sites for hydroxylation is 2. The Bertz CT molecular complexity index is 662. The SMILES string of the molecule is CCOc1ccccc1NC(=O)[C@@H](C)Oc1cc(C)cc(C)c1. The number of benzene rings is 2. The number of carbonyl (C=O) groups is 1. The summed E-state index contributed by atoms with van der Waals surface area (Å²) in [6, 6.07) is 13.3. The lowest BCUT2D eigenvalue weighted by atomic mass is 10.1. The van der Waals surface area contributed by atoms with Crippen LogP contribution in [0.25, 0.3) is 0 Å². The van der Waals surface area contributed by atoms with E-state index >= 15 is 0 Å². The monoisotopic (exact) mass is 313 g/mol. The van der Waals surface area contributed by atoms with Gasteiger partial charge in [-0.05, 0) is 63.1 Å². The van der Waals surface area contributed by atoms with Crippen molar-refractivity contribution < 1.29 is 14.3 Å². The molecule has 2 rings (SSSR count). The summed E-state index contributed by atoms with van der Waals surface area (Å²) < 4.78 is 11.3. The van der Waals surface area contributed by atoms with Crippen LogP contribution in [0.2, 0.25) is 0 Å². The third-order valence-electron chi connectivity index (χ3n) is 3.32. The summed E-state index contributed by atoms with van der Waals surface area (Å²) in [5.41, 5.74) is 2.86. The zero-order valence-electron chi connectivity index (χ0n) is 14.1. The van der Waals surface area contributed by atoms with E-state index in [0.717, 1.165) is 11.1 Å². The second-order valence-electron chi connectivity index (χ2n) is 5.50. The van der Waals surface area contributed by atoms with E-state index in [1.165, 1.54) is 0 Å². The molecule has 1 amide bonds. The highest BCUT2D eigenvalue weighted by atomic mass is 16.5. The molecule has 0 bridgehead atoms. The van der Waals surface area contributed by atoms with Gasteiger partial charge < -0.3 is 14.8 Å².